The molecule has 0 atom stereocenters. The summed E-state index contributed by atoms with van der Waals surface area (Å²) in [7, 11) is 1.35. The van der Waals surface area contributed by atoms with Crippen LogP contribution in [0, 0.1) is 11.3 Å². The van der Waals surface area contributed by atoms with Gasteiger partial charge in [-0.25, -0.2) is 0 Å². The lowest BCUT2D eigenvalue weighted by atomic mass is 10.0. The monoisotopic (exact) mass is 561 g/mol. The van der Waals surface area contributed by atoms with Crippen LogP contribution in [-0.4, -0.2) is 47.7 Å². The standard InChI is InChI=1S/C28H30F3N3O4S/c1-27(2)25(36)34(21-13-12-20(18-32)23(17-21)28(29,30)31)26(39)33(27)14-5-4-8-19-9-6-10-22(16-19)38-15-7-11-24(35)37-3/h6,9-10,12-13,16-17H,4-5,7-8,11,14-15H2,1-3H3. The molecule has 2 aromatic rings. The number of anilines is 1. The van der Waals surface area contributed by atoms with Crippen molar-refractivity contribution in [1.82, 2.24) is 4.90 Å². The zero-order chi connectivity index (χ0) is 28.8. The van der Waals surface area contributed by atoms with E-state index in [-0.39, 0.29) is 16.8 Å². The summed E-state index contributed by atoms with van der Waals surface area (Å²) in [5, 5.41) is 9.20. The van der Waals surface area contributed by atoms with Crippen LogP contribution in [0.3, 0.4) is 0 Å². The first-order valence-electron chi connectivity index (χ1n) is 12.5. The van der Waals surface area contributed by atoms with Crippen LogP contribution in [0.15, 0.2) is 42.5 Å². The molecule has 1 fully saturated rings. The van der Waals surface area contributed by atoms with E-state index in [1.807, 2.05) is 24.3 Å². The fourth-order valence-corrected chi connectivity index (χ4v) is 4.85. The van der Waals surface area contributed by atoms with E-state index in [9.17, 15) is 22.8 Å². The summed E-state index contributed by atoms with van der Waals surface area (Å²) in [5.74, 6) is 0.00396. The molecule has 11 heteroatoms. The van der Waals surface area contributed by atoms with E-state index >= 15 is 0 Å². The minimum atomic E-state index is -4.74. The Kier molecular flexibility index (Phi) is 9.56. The van der Waals surface area contributed by atoms with Gasteiger partial charge in [0.05, 0.1) is 36.6 Å². The SMILES string of the molecule is COC(=O)CCCOc1cccc(CCCCN2C(=S)N(c3ccc(C#N)c(C(F)(F)F)c3)C(=O)C2(C)C)c1. The van der Waals surface area contributed by atoms with Crippen molar-refractivity contribution in [2.45, 2.75) is 57.7 Å². The van der Waals surface area contributed by atoms with Crippen molar-refractivity contribution in [1.29, 1.82) is 5.26 Å². The number of esters is 1. The number of amides is 1. The number of halogens is 3. The van der Waals surface area contributed by atoms with Crippen LogP contribution in [0.25, 0.3) is 0 Å². The molecular formula is C28H30F3N3O4S. The van der Waals surface area contributed by atoms with Gasteiger partial charge in [0.15, 0.2) is 5.11 Å². The van der Waals surface area contributed by atoms with Crippen molar-refractivity contribution in [2.24, 2.45) is 0 Å². The van der Waals surface area contributed by atoms with Gasteiger partial charge in [-0.1, -0.05) is 12.1 Å². The molecule has 0 unspecified atom stereocenters. The summed E-state index contributed by atoms with van der Waals surface area (Å²) in [6, 6.07) is 12.4. The molecule has 1 heterocycles. The molecule has 1 amide bonds. The zero-order valence-electron chi connectivity index (χ0n) is 22.0. The largest absolute Gasteiger partial charge is 0.494 e. The number of nitrogens with zero attached hydrogens (tertiary/aromatic N) is 3. The van der Waals surface area contributed by atoms with Crippen LogP contribution in [0.1, 0.15) is 56.2 Å². The molecule has 0 aliphatic carbocycles. The Labute approximate surface area is 231 Å². The molecule has 0 spiro atoms. The van der Waals surface area contributed by atoms with Crippen molar-refractivity contribution in [2.75, 3.05) is 25.2 Å². The maximum Gasteiger partial charge on any atom is 0.417 e. The topological polar surface area (TPSA) is 82.9 Å². The fraction of sp³-hybridized carbons (Fsp3) is 0.429. The van der Waals surface area contributed by atoms with E-state index < -0.39 is 28.7 Å². The molecule has 39 heavy (non-hydrogen) atoms. The summed E-state index contributed by atoms with van der Waals surface area (Å²) in [4.78, 5) is 27.3. The first kappa shape index (κ1) is 29.9. The Balaban J connectivity index is 1.60. The smallest absolute Gasteiger partial charge is 0.417 e. The van der Waals surface area contributed by atoms with Crippen LogP contribution < -0.4 is 9.64 Å². The molecule has 1 saturated heterocycles. The molecule has 3 rings (SSSR count). The maximum absolute atomic E-state index is 13.5. The highest BCUT2D eigenvalue weighted by atomic mass is 32.1. The number of thiocarbonyl (C=S) groups is 1. The predicted octanol–water partition coefficient (Wildman–Crippen LogP) is 5.64. The molecule has 0 saturated carbocycles. The predicted molar refractivity (Wildman–Crippen MR) is 143 cm³/mol. The van der Waals surface area contributed by atoms with E-state index in [1.165, 1.54) is 13.2 Å². The Morgan fingerprint density at radius 1 is 1.13 bits per heavy atom. The average Bonchev–Trinajstić information content (AvgIpc) is 3.06. The van der Waals surface area contributed by atoms with Gasteiger partial charge in [0.2, 0.25) is 0 Å². The number of rotatable bonds is 11. The molecule has 208 valence electrons. The highest BCUT2D eigenvalue weighted by molar-refractivity contribution is 7.80. The van der Waals surface area contributed by atoms with Crippen LogP contribution >= 0.6 is 12.2 Å². The van der Waals surface area contributed by atoms with Gasteiger partial charge in [0, 0.05) is 13.0 Å². The van der Waals surface area contributed by atoms with E-state index in [0.29, 0.717) is 38.2 Å². The normalized spacial score (nSPS) is 14.9. The second-order valence-electron chi connectivity index (χ2n) is 9.61. The highest BCUT2D eigenvalue weighted by Crippen LogP contribution is 2.38. The third-order valence-electron chi connectivity index (χ3n) is 6.53. The minimum absolute atomic E-state index is 0.0182. The average molecular weight is 562 g/mol. The number of benzene rings is 2. The lowest BCUT2D eigenvalue weighted by Gasteiger charge is -2.29. The van der Waals surface area contributed by atoms with Gasteiger partial charge in [-0.2, -0.15) is 18.4 Å². The highest BCUT2D eigenvalue weighted by Gasteiger charge is 2.49. The Morgan fingerprint density at radius 2 is 1.87 bits per heavy atom. The number of carbonyl (C=O) groups is 2. The second kappa shape index (κ2) is 12.5. The molecular weight excluding hydrogens is 531 g/mol. The number of nitriles is 1. The molecule has 7 nitrogen and oxygen atoms in total. The Hall–Kier alpha value is -3.65. The van der Waals surface area contributed by atoms with Crippen molar-refractivity contribution in [3.8, 4) is 11.8 Å². The van der Waals surface area contributed by atoms with Gasteiger partial charge in [0.25, 0.3) is 5.91 Å². The number of unbranched alkanes of at least 4 members (excludes halogenated alkanes) is 1. The number of ether oxygens (including phenoxy) is 2. The Morgan fingerprint density at radius 3 is 2.54 bits per heavy atom. The number of hydrogen-bond donors (Lipinski definition) is 0. The van der Waals surface area contributed by atoms with E-state index in [2.05, 4.69) is 4.74 Å². The van der Waals surface area contributed by atoms with E-state index in [4.69, 9.17) is 22.2 Å². The van der Waals surface area contributed by atoms with Gasteiger partial charge >= 0.3 is 12.1 Å². The summed E-state index contributed by atoms with van der Waals surface area (Å²) in [6.07, 6.45) is -1.67. The molecule has 0 radical (unpaired) electrons. The van der Waals surface area contributed by atoms with Gasteiger partial charge in [0.1, 0.15) is 11.3 Å². The third-order valence-corrected chi connectivity index (χ3v) is 6.93. The van der Waals surface area contributed by atoms with Gasteiger partial charge in [-0.15, -0.1) is 0 Å². The van der Waals surface area contributed by atoms with E-state index in [1.54, 1.807) is 24.8 Å². The van der Waals surface area contributed by atoms with Crippen molar-refractivity contribution >= 4 is 34.9 Å². The fourth-order valence-electron chi connectivity index (χ4n) is 4.34. The molecule has 2 aromatic carbocycles. The lowest BCUT2D eigenvalue weighted by Crippen LogP contribution is -2.44. The van der Waals surface area contributed by atoms with Gasteiger partial charge < -0.3 is 14.4 Å². The molecule has 1 aliphatic rings. The quantitative estimate of drug-likeness (QED) is 0.199. The van der Waals surface area contributed by atoms with Gasteiger partial charge in [-0.3, -0.25) is 14.5 Å². The van der Waals surface area contributed by atoms with Crippen molar-refractivity contribution in [3.05, 3.63) is 59.2 Å². The number of aryl methyl sites for hydroxylation is 1. The number of methoxy groups -OCH3 is 1. The number of hydrogen-bond acceptors (Lipinski definition) is 6. The summed E-state index contributed by atoms with van der Waals surface area (Å²) in [5.41, 5.74) is -1.62. The summed E-state index contributed by atoms with van der Waals surface area (Å²) < 4.78 is 50.8. The number of carbonyl (C=O) groups excluding carboxylic acids is 2. The molecule has 0 N–H and O–H groups in total. The van der Waals surface area contributed by atoms with Crippen LogP contribution in [-0.2, 0) is 26.9 Å². The van der Waals surface area contributed by atoms with Gasteiger partial charge in [-0.05, 0) is 87.6 Å². The van der Waals surface area contributed by atoms with Crippen LogP contribution in [0.2, 0.25) is 0 Å². The molecule has 0 aromatic heterocycles. The minimum Gasteiger partial charge on any atom is -0.494 e. The number of alkyl halides is 3. The zero-order valence-corrected chi connectivity index (χ0v) is 22.8. The van der Waals surface area contributed by atoms with Crippen LogP contribution in [0.5, 0.6) is 5.75 Å². The lowest BCUT2D eigenvalue weighted by molar-refractivity contribution is -0.141. The second-order valence-corrected chi connectivity index (χ2v) is 9.97. The van der Waals surface area contributed by atoms with Crippen LogP contribution in [0.4, 0.5) is 18.9 Å². The van der Waals surface area contributed by atoms with Crippen molar-refractivity contribution in [3.63, 3.8) is 0 Å². The van der Waals surface area contributed by atoms with Crippen molar-refractivity contribution < 1.29 is 32.2 Å². The van der Waals surface area contributed by atoms with E-state index in [0.717, 1.165) is 35.4 Å². The maximum atomic E-state index is 13.5. The summed E-state index contributed by atoms with van der Waals surface area (Å²) in [6.45, 7) is 4.22. The first-order valence-corrected chi connectivity index (χ1v) is 12.9. The summed E-state index contributed by atoms with van der Waals surface area (Å²) >= 11 is 5.54. The first-order chi connectivity index (χ1) is 18.4. The third kappa shape index (κ3) is 7.06. The molecule has 1 aliphatic heterocycles. The Bertz CT molecular complexity index is 1270. The molecule has 0 bridgehead atoms.